The highest BCUT2D eigenvalue weighted by molar-refractivity contribution is 5.80. The second-order valence-corrected chi connectivity index (χ2v) is 4.13. The highest BCUT2D eigenvalue weighted by Gasteiger charge is 2.13. The van der Waals surface area contributed by atoms with E-state index in [1.807, 2.05) is 6.92 Å². The lowest BCUT2D eigenvalue weighted by atomic mass is 10.1. The second-order valence-electron chi connectivity index (χ2n) is 4.13. The van der Waals surface area contributed by atoms with Gasteiger partial charge in [-0.15, -0.1) is 0 Å². The second kappa shape index (κ2) is 6.18. The van der Waals surface area contributed by atoms with E-state index in [4.69, 9.17) is 10.9 Å². The molecule has 18 heavy (non-hydrogen) atoms. The predicted octanol–water partition coefficient (Wildman–Crippen LogP) is 2.60. The maximum absolute atomic E-state index is 13.6. The molecule has 0 heterocycles. The Labute approximate surface area is 104 Å². The van der Waals surface area contributed by atoms with Gasteiger partial charge in [0.2, 0.25) is 0 Å². The van der Waals surface area contributed by atoms with Gasteiger partial charge in [0.1, 0.15) is 17.5 Å². The lowest BCUT2D eigenvalue weighted by molar-refractivity contribution is 0.316. The number of hydrogen-bond acceptors (Lipinski definition) is 3. The van der Waals surface area contributed by atoms with E-state index < -0.39 is 11.6 Å². The zero-order valence-corrected chi connectivity index (χ0v) is 10.4. The van der Waals surface area contributed by atoms with Crippen LogP contribution in [0.25, 0.3) is 0 Å². The van der Waals surface area contributed by atoms with E-state index in [9.17, 15) is 8.78 Å². The number of aryl methyl sites for hydroxylation is 1. The first kappa shape index (κ1) is 14.2. The van der Waals surface area contributed by atoms with Crippen molar-refractivity contribution < 1.29 is 14.0 Å². The molecule has 0 saturated carbocycles. The Bertz CT molecular complexity index is 449. The molecule has 0 fully saturated rings. The Morgan fingerprint density at radius 2 is 2.11 bits per heavy atom. The Morgan fingerprint density at radius 1 is 1.44 bits per heavy atom. The number of oxime groups is 1. The van der Waals surface area contributed by atoms with Gasteiger partial charge in [-0.1, -0.05) is 12.1 Å². The molecule has 1 atom stereocenters. The van der Waals surface area contributed by atoms with Gasteiger partial charge in [-0.25, -0.2) is 8.78 Å². The summed E-state index contributed by atoms with van der Waals surface area (Å²) in [6.07, 6.45) is 0.882. The average molecular weight is 257 g/mol. The largest absolute Gasteiger partial charge is 0.409 e. The van der Waals surface area contributed by atoms with E-state index in [1.165, 1.54) is 6.92 Å². The molecule has 4 nitrogen and oxygen atoms in total. The number of hydrogen-bond donors (Lipinski definition) is 3. The summed E-state index contributed by atoms with van der Waals surface area (Å²) >= 11 is 0. The lowest BCUT2D eigenvalue weighted by Gasteiger charge is -2.18. The summed E-state index contributed by atoms with van der Waals surface area (Å²) in [5, 5.41) is 14.2. The van der Waals surface area contributed by atoms with Crippen molar-refractivity contribution in [2.24, 2.45) is 10.9 Å². The van der Waals surface area contributed by atoms with E-state index >= 15 is 0 Å². The molecule has 100 valence electrons. The van der Waals surface area contributed by atoms with Crippen LogP contribution in [-0.4, -0.2) is 17.1 Å². The number of benzene rings is 1. The van der Waals surface area contributed by atoms with E-state index in [1.54, 1.807) is 0 Å². The van der Waals surface area contributed by atoms with Crippen LogP contribution < -0.4 is 11.1 Å². The number of halogens is 2. The number of nitrogens with two attached hydrogens (primary N) is 1. The molecule has 1 aromatic carbocycles. The zero-order valence-electron chi connectivity index (χ0n) is 10.4. The highest BCUT2D eigenvalue weighted by Crippen LogP contribution is 2.20. The number of nitrogens with zero attached hydrogens (tertiary/aromatic N) is 1. The summed E-state index contributed by atoms with van der Waals surface area (Å²) in [7, 11) is 0. The fourth-order valence-electron chi connectivity index (χ4n) is 1.57. The van der Waals surface area contributed by atoms with Crippen molar-refractivity contribution in [3.8, 4) is 0 Å². The minimum absolute atomic E-state index is 0.0438. The Kier molecular flexibility index (Phi) is 4.88. The maximum Gasteiger partial charge on any atom is 0.146 e. The van der Waals surface area contributed by atoms with Crippen LogP contribution in [0.15, 0.2) is 17.3 Å². The molecule has 0 aromatic heterocycles. The molecule has 1 unspecified atom stereocenters. The first-order valence-electron chi connectivity index (χ1n) is 5.66. The molecule has 1 aromatic rings. The Hall–Kier alpha value is -1.85. The average Bonchev–Trinajstić information content (AvgIpc) is 2.34. The fourth-order valence-corrected chi connectivity index (χ4v) is 1.57. The van der Waals surface area contributed by atoms with Crippen molar-refractivity contribution >= 4 is 11.5 Å². The monoisotopic (exact) mass is 257 g/mol. The summed E-state index contributed by atoms with van der Waals surface area (Å²) in [6, 6.07) is 2.02. The summed E-state index contributed by atoms with van der Waals surface area (Å²) in [5.74, 6) is -0.952. The van der Waals surface area contributed by atoms with E-state index in [0.29, 0.717) is 6.42 Å². The molecule has 0 amide bonds. The van der Waals surface area contributed by atoms with Gasteiger partial charge in [-0.3, -0.25) is 0 Å². The van der Waals surface area contributed by atoms with Gasteiger partial charge in [-0.2, -0.15) is 0 Å². The molecule has 0 spiro atoms. The molecule has 0 aliphatic rings. The van der Waals surface area contributed by atoms with E-state index in [-0.39, 0.29) is 29.5 Å². The topological polar surface area (TPSA) is 70.6 Å². The Morgan fingerprint density at radius 3 is 2.67 bits per heavy atom. The van der Waals surface area contributed by atoms with Crippen LogP contribution in [0.2, 0.25) is 0 Å². The molecule has 0 radical (unpaired) electrons. The molecule has 0 saturated heterocycles. The minimum atomic E-state index is -0.521. The predicted molar refractivity (Wildman–Crippen MR) is 66.8 cm³/mol. The van der Waals surface area contributed by atoms with Crippen molar-refractivity contribution in [2.45, 2.75) is 32.7 Å². The minimum Gasteiger partial charge on any atom is -0.409 e. The number of anilines is 1. The molecule has 1 rings (SSSR count). The summed E-state index contributed by atoms with van der Waals surface area (Å²) in [4.78, 5) is 0. The highest BCUT2D eigenvalue weighted by atomic mass is 19.1. The Balaban J connectivity index is 2.85. The quantitative estimate of drug-likeness (QED) is 0.328. The molecule has 0 aliphatic carbocycles. The van der Waals surface area contributed by atoms with Crippen molar-refractivity contribution in [3.05, 3.63) is 29.3 Å². The summed E-state index contributed by atoms with van der Waals surface area (Å²) in [6.45, 7) is 3.36. The maximum atomic E-state index is 13.6. The fraction of sp³-hybridized carbons (Fsp3) is 0.417. The summed E-state index contributed by atoms with van der Waals surface area (Å²) < 4.78 is 27.0. The standard InChI is InChI=1S/C12H17F2N3O/c1-3-8(5-12(15)17-18)16-11-6-9(13)7(2)4-10(11)14/h4,6,8,16,18H,3,5H2,1-2H3,(H2,15,17). The van der Waals surface area contributed by atoms with Gasteiger partial charge < -0.3 is 16.3 Å². The first-order valence-corrected chi connectivity index (χ1v) is 5.66. The van der Waals surface area contributed by atoms with Crippen LogP contribution in [0.1, 0.15) is 25.3 Å². The van der Waals surface area contributed by atoms with Crippen LogP contribution in [-0.2, 0) is 0 Å². The zero-order chi connectivity index (χ0) is 13.7. The molecular weight excluding hydrogens is 240 g/mol. The molecule has 0 bridgehead atoms. The third kappa shape index (κ3) is 3.58. The van der Waals surface area contributed by atoms with Crippen LogP contribution in [0.3, 0.4) is 0 Å². The molecule has 6 heteroatoms. The number of rotatable bonds is 5. The van der Waals surface area contributed by atoms with Gasteiger partial charge in [0, 0.05) is 18.5 Å². The van der Waals surface area contributed by atoms with Gasteiger partial charge in [-0.05, 0) is 25.0 Å². The summed E-state index contributed by atoms with van der Waals surface area (Å²) in [5.41, 5.74) is 5.72. The van der Waals surface area contributed by atoms with Crippen molar-refractivity contribution in [1.82, 2.24) is 0 Å². The van der Waals surface area contributed by atoms with Crippen molar-refractivity contribution in [2.75, 3.05) is 5.32 Å². The van der Waals surface area contributed by atoms with Crippen LogP contribution in [0, 0.1) is 18.6 Å². The molecule has 4 N–H and O–H groups in total. The van der Waals surface area contributed by atoms with E-state index in [0.717, 1.165) is 12.1 Å². The van der Waals surface area contributed by atoms with Crippen LogP contribution >= 0.6 is 0 Å². The molecule has 0 aliphatic heterocycles. The van der Waals surface area contributed by atoms with Crippen LogP contribution in [0.5, 0.6) is 0 Å². The number of nitrogens with one attached hydrogen (secondary N) is 1. The van der Waals surface area contributed by atoms with Gasteiger partial charge >= 0.3 is 0 Å². The van der Waals surface area contributed by atoms with E-state index in [2.05, 4.69) is 10.5 Å². The first-order chi connectivity index (χ1) is 8.47. The third-order valence-electron chi connectivity index (χ3n) is 2.68. The van der Waals surface area contributed by atoms with Gasteiger partial charge in [0.05, 0.1) is 5.69 Å². The SMILES string of the molecule is CCC(C/C(N)=N/O)Nc1cc(F)c(C)cc1F. The number of amidine groups is 1. The van der Waals surface area contributed by atoms with Crippen molar-refractivity contribution in [3.63, 3.8) is 0 Å². The smallest absolute Gasteiger partial charge is 0.146 e. The normalized spacial score (nSPS) is 13.4. The van der Waals surface area contributed by atoms with Crippen LogP contribution in [0.4, 0.5) is 14.5 Å². The van der Waals surface area contributed by atoms with Gasteiger partial charge in [0.25, 0.3) is 0 Å². The third-order valence-corrected chi connectivity index (χ3v) is 2.68. The van der Waals surface area contributed by atoms with Gasteiger partial charge in [0.15, 0.2) is 0 Å². The lowest BCUT2D eigenvalue weighted by Crippen LogP contribution is -2.27. The molecular formula is C12H17F2N3O. The van der Waals surface area contributed by atoms with Crippen molar-refractivity contribution in [1.29, 1.82) is 0 Å².